The Morgan fingerprint density at radius 2 is 2.05 bits per heavy atom. The van der Waals surface area contributed by atoms with E-state index in [0.717, 1.165) is 0 Å². The highest BCUT2D eigenvalue weighted by Gasteiger charge is 2.44. The van der Waals surface area contributed by atoms with Crippen molar-refractivity contribution in [3.05, 3.63) is 0 Å². The van der Waals surface area contributed by atoms with Gasteiger partial charge in [-0.25, -0.2) is 4.79 Å². The van der Waals surface area contributed by atoms with Crippen molar-refractivity contribution in [2.45, 2.75) is 24.8 Å². The number of carboxylic acids is 1. The number of aliphatic carboxylic acids is 1. The van der Waals surface area contributed by atoms with Crippen LogP contribution < -0.4 is 5.32 Å². The van der Waals surface area contributed by atoms with Crippen LogP contribution in [-0.2, 0) is 19.1 Å². The molecule has 19 heavy (non-hydrogen) atoms. The van der Waals surface area contributed by atoms with Gasteiger partial charge in [0.25, 0.3) is 0 Å². The van der Waals surface area contributed by atoms with Gasteiger partial charge in [0, 0.05) is 46.1 Å². The molecule has 0 saturated carbocycles. The molecule has 0 aliphatic carbocycles. The molecule has 2 heterocycles. The van der Waals surface area contributed by atoms with Crippen LogP contribution in [0.4, 0.5) is 0 Å². The van der Waals surface area contributed by atoms with E-state index in [1.165, 1.54) is 4.90 Å². The summed E-state index contributed by atoms with van der Waals surface area (Å²) < 4.78 is 5.14. The first-order valence-electron chi connectivity index (χ1n) is 6.32. The molecule has 2 N–H and O–H groups in total. The number of hydrogen-bond acceptors (Lipinski definition) is 4. The monoisotopic (exact) mass is 270 g/mol. The number of likely N-dealkylation sites (tertiary alicyclic amines) is 1. The first-order chi connectivity index (χ1) is 8.94. The molecule has 0 spiro atoms. The Kier molecular flexibility index (Phi) is 3.75. The molecule has 0 bridgehead atoms. The molecule has 7 heteroatoms. The van der Waals surface area contributed by atoms with Gasteiger partial charge in [0.1, 0.15) is 5.54 Å². The smallest absolute Gasteiger partial charge is 0.329 e. The van der Waals surface area contributed by atoms with Crippen LogP contribution in [0.15, 0.2) is 0 Å². The van der Waals surface area contributed by atoms with Gasteiger partial charge in [0.2, 0.25) is 11.8 Å². The van der Waals surface area contributed by atoms with E-state index in [2.05, 4.69) is 5.32 Å². The first-order valence-corrected chi connectivity index (χ1v) is 6.32. The van der Waals surface area contributed by atoms with Crippen LogP contribution in [0, 0.1) is 5.92 Å². The Balaban J connectivity index is 2.03. The van der Waals surface area contributed by atoms with Gasteiger partial charge in [-0.1, -0.05) is 0 Å². The highest BCUT2D eigenvalue weighted by atomic mass is 16.5. The molecule has 2 fully saturated rings. The lowest BCUT2D eigenvalue weighted by Crippen LogP contribution is -2.58. The second-order valence-electron chi connectivity index (χ2n) is 5.16. The highest BCUT2D eigenvalue weighted by Crippen LogP contribution is 2.23. The molecule has 2 rings (SSSR count). The summed E-state index contributed by atoms with van der Waals surface area (Å²) in [5.41, 5.74) is -1.25. The lowest BCUT2D eigenvalue weighted by Gasteiger charge is -2.34. The maximum atomic E-state index is 12.1. The third-order valence-electron chi connectivity index (χ3n) is 3.83. The SMILES string of the molecule is CN1CC(C(=O)NC2(C(=O)O)CCOCC2)CC1=O. The summed E-state index contributed by atoms with van der Waals surface area (Å²) in [6, 6.07) is 0. The molecule has 2 saturated heterocycles. The van der Waals surface area contributed by atoms with E-state index in [0.29, 0.717) is 19.8 Å². The molecule has 0 aromatic heterocycles. The van der Waals surface area contributed by atoms with Gasteiger partial charge >= 0.3 is 5.97 Å². The Morgan fingerprint density at radius 3 is 2.53 bits per heavy atom. The number of ether oxygens (including phenoxy) is 1. The van der Waals surface area contributed by atoms with E-state index < -0.39 is 17.4 Å². The fourth-order valence-electron chi connectivity index (χ4n) is 2.49. The van der Waals surface area contributed by atoms with Gasteiger partial charge in [-0.2, -0.15) is 0 Å². The largest absolute Gasteiger partial charge is 0.480 e. The number of carbonyl (C=O) groups excluding carboxylic acids is 2. The van der Waals surface area contributed by atoms with Crippen molar-refractivity contribution in [2.75, 3.05) is 26.8 Å². The van der Waals surface area contributed by atoms with Crippen molar-refractivity contribution in [3.8, 4) is 0 Å². The molecule has 0 aromatic carbocycles. The molecule has 2 aliphatic rings. The average molecular weight is 270 g/mol. The van der Waals surface area contributed by atoms with E-state index >= 15 is 0 Å². The van der Waals surface area contributed by atoms with Gasteiger partial charge in [0.15, 0.2) is 0 Å². The van der Waals surface area contributed by atoms with Gasteiger partial charge in [-0.05, 0) is 0 Å². The van der Waals surface area contributed by atoms with Gasteiger partial charge in [-0.15, -0.1) is 0 Å². The Morgan fingerprint density at radius 1 is 1.42 bits per heavy atom. The maximum Gasteiger partial charge on any atom is 0.329 e. The number of nitrogens with zero attached hydrogens (tertiary/aromatic N) is 1. The number of hydrogen-bond donors (Lipinski definition) is 2. The lowest BCUT2D eigenvalue weighted by molar-refractivity contribution is -0.152. The summed E-state index contributed by atoms with van der Waals surface area (Å²) in [6.07, 6.45) is 0.656. The molecule has 2 aliphatic heterocycles. The molecule has 106 valence electrons. The van der Waals surface area contributed by atoms with Gasteiger partial charge < -0.3 is 20.1 Å². The van der Waals surface area contributed by atoms with Gasteiger partial charge in [0.05, 0.1) is 5.92 Å². The zero-order chi connectivity index (χ0) is 14.0. The minimum Gasteiger partial charge on any atom is -0.480 e. The molecular weight excluding hydrogens is 252 g/mol. The molecule has 0 aromatic rings. The standard InChI is InChI=1S/C12H18N2O5/c1-14-7-8(6-9(14)15)10(16)13-12(11(17)18)2-4-19-5-3-12/h8H,2-7H2,1H3,(H,13,16)(H,17,18). The lowest BCUT2D eigenvalue weighted by atomic mass is 9.89. The van der Waals surface area contributed by atoms with Crippen molar-refractivity contribution in [1.82, 2.24) is 10.2 Å². The summed E-state index contributed by atoms with van der Waals surface area (Å²) in [5.74, 6) is -1.95. The van der Waals surface area contributed by atoms with Crippen LogP contribution in [0.25, 0.3) is 0 Å². The number of nitrogens with one attached hydrogen (secondary N) is 1. The summed E-state index contributed by atoms with van der Waals surface area (Å²) in [5, 5.41) is 12.0. The van der Waals surface area contributed by atoms with E-state index in [4.69, 9.17) is 4.74 Å². The molecule has 1 atom stereocenters. The van der Waals surface area contributed by atoms with Gasteiger partial charge in [-0.3, -0.25) is 9.59 Å². The van der Waals surface area contributed by atoms with Crippen LogP contribution in [0.3, 0.4) is 0 Å². The number of carbonyl (C=O) groups is 3. The molecule has 0 radical (unpaired) electrons. The number of rotatable bonds is 3. The predicted octanol–water partition coefficient (Wildman–Crippen LogP) is -0.785. The second-order valence-corrected chi connectivity index (χ2v) is 5.16. The fourth-order valence-corrected chi connectivity index (χ4v) is 2.49. The number of amides is 2. The van der Waals surface area contributed by atoms with Crippen LogP contribution in [0.2, 0.25) is 0 Å². The zero-order valence-electron chi connectivity index (χ0n) is 10.8. The topological polar surface area (TPSA) is 95.9 Å². The Hall–Kier alpha value is -1.63. The quantitative estimate of drug-likeness (QED) is 0.701. The minimum absolute atomic E-state index is 0.0866. The van der Waals surface area contributed by atoms with Crippen LogP contribution in [0.1, 0.15) is 19.3 Å². The van der Waals surface area contributed by atoms with E-state index in [-0.39, 0.29) is 31.1 Å². The van der Waals surface area contributed by atoms with Crippen LogP contribution in [0.5, 0.6) is 0 Å². The normalized spacial score (nSPS) is 26.3. The van der Waals surface area contributed by atoms with Crippen molar-refractivity contribution in [1.29, 1.82) is 0 Å². The summed E-state index contributed by atoms with van der Waals surface area (Å²) in [6.45, 7) is 0.975. The third-order valence-corrected chi connectivity index (χ3v) is 3.83. The summed E-state index contributed by atoms with van der Waals surface area (Å²) in [7, 11) is 1.64. The van der Waals surface area contributed by atoms with Crippen LogP contribution >= 0.6 is 0 Å². The van der Waals surface area contributed by atoms with Crippen molar-refractivity contribution in [3.63, 3.8) is 0 Å². The first kappa shape index (κ1) is 13.8. The molecule has 7 nitrogen and oxygen atoms in total. The minimum atomic E-state index is -1.25. The molecule has 2 amide bonds. The number of carboxylic acid groups (broad SMARTS) is 1. The van der Waals surface area contributed by atoms with Crippen molar-refractivity contribution < 1.29 is 24.2 Å². The van der Waals surface area contributed by atoms with E-state index in [9.17, 15) is 19.5 Å². The summed E-state index contributed by atoms with van der Waals surface area (Å²) in [4.78, 5) is 36.4. The highest BCUT2D eigenvalue weighted by molar-refractivity contribution is 5.92. The van der Waals surface area contributed by atoms with E-state index in [1.807, 2.05) is 0 Å². The van der Waals surface area contributed by atoms with Crippen LogP contribution in [-0.4, -0.2) is 60.1 Å². The average Bonchev–Trinajstić information content (AvgIpc) is 2.71. The Labute approximate surface area is 110 Å². The van der Waals surface area contributed by atoms with Crippen molar-refractivity contribution >= 4 is 17.8 Å². The Bertz CT molecular complexity index is 403. The van der Waals surface area contributed by atoms with E-state index in [1.54, 1.807) is 7.05 Å². The molecule has 1 unspecified atom stereocenters. The predicted molar refractivity (Wildman–Crippen MR) is 64.3 cm³/mol. The zero-order valence-corrected chi connectivity index (χ0v) is 10.8. The third kappa shape index (κ3) is 2.70. The van der Waals surface area contributed by atoms with Crippen molar-refractivity contribution in [2.24, 2.45) is 5.92 Å². The maximum absolute atomic E-state index is 12.1. The summed E-state index contributed by atoms with van der Waals surface area (Å²) >= 11 is 0. The fraction of sp³-hybridized carbons (Fsp3) is 0.750. The molecular formula is C12H18N2O5. The second kappa shape index (κ2) is 5.16.